The normalized spacial score (nSPS) is 28.9. The summed E-state index contributed by atoms with van der Waals surface area (Å²) in [4.78, 5) is 1.21. The van der Waals surface area contributed by atoms with E-state index in [1.165, 1.54) is 4.90 Å². The van der Waals surface area contributed by atoms with Crippen molar-refractivity contribution in [3.05, 3.63) is 29.3 Å². The lowest BCUT2D eigenvalue weighted by Gasteiger charge is -2.40. The van der Waals surface area contributed by atoms with Gasteiger partial charge in [-0.15, -0.1) is 11.8 Å². The third-order valence-corrected chi connectivity index (χ3v) is 5.62. The third-order valence-electron chi connectivity index (χ3n) is 4.07. The van der Waals surface area contributed by atoms with Crippen LogP contribution in [0.3, 0.4) is 0 Å². The van der Waals surface area contributed by atoms with E-state index >= 15 is 0 Å². The fraction of sp³-hybridized carbons (Fsp3) is 0.600. The molecule has 5 heteroatoms. The van der Waals surface area contributed by atoms with Crippen molar-refractivity contribution < 1.29 is 9.47 Å². The van der Waals surface area contributed by atoms with Crippen molar-refractivity contribution in [2.24, 2.45) is 0 Å². The fourth-order valence-corrected chi connectivity index (χ4v) is 4.77. The topological polar surface area (TPSA) is 30.5 Å². The van der Waals surface area contributed by atoms with Crippen LogP contribution in [0.1, 0.15) is 19.3 Å². The predicted molar refractivity (Wildman–Crippen MR) is 82.4 cm³/mol. The quantitative estimate of drug-likeness (QED) is 0.927. The van der Waals surface area contributed by atoms with Crippen LogP contribution < -0.4 is 5.32 Å². The highest BCUT2D eigenvalue weighted by molar-refractivity contribution is 8.00. The Morgan fingerprint density at radius 2 is 2.15 bits per heavy atom. The van der Waals surface area contributed by atoms with E-state index in [4.69, 9.17) is 21.1 Å². The van der Waals surface area contributed by atoms with Crippen molar-refractivity contribution in [2.45, 2.75) is 41.2 Å². The van der Waals surface area contributed by atoms with Crippen molar-refractivity contribution in [1.29, 1.82) is 0 Å². The molecule has 1 spiro atoms. The van der Waals surface area contributed by atoms with Crippen LogP contribution in [0, 0.1) is 0 Å². The number of benzene rings is 1. The summed E-state index contributed by atoms with van der Waals surface area (Å²) in [5, 5.41) is 4.65. The van der Waals surface area contributed by atoms with E-state index in [2.05, 4.69) is 11.4 Å². The first-order valence-electron chi connectivity index (χ1n) is 7.08. The Morgan fingerprint density at radius 1 is 1.35 bits per heavy atom. The molecule has 0 amide bonds. The Balaban J connectivity index is 1.74. The van der Waals surface area contributed by atoms with Gasteiger partial charge in [-0.1, -0.05) is 17.7 Å². The van der Waals surface area contributed by atoms with E-state index in [0.29, 0.717) is 11.3 Å². The number of hydrogen-bond donors (Lipinski definition) is 1. The number of thioether (sulfide) groups is 1. The Hall–Kier alpha value is -0.260. The molecule has 0 bridgehead atoms. The summed E-state index contributed by atoms with van der Waals surface area (Å²) in [5.41, 5.74) is 0. The van der Waals surface area contributed by atoms with Gasteiger partial charge in [0.1, 0.15) is 0 Å². The molecular formula is C15H20ClNO2S. The number of ether oxygens (including phenoxy) is 2. The summed E-state index contributed by atoms with van der Waals surface area (Å²) in [6.45, 7) is 1.44. The summed E-state index contributed by atoms with van der Waals surface area (Å²) >= 11 is 7.94. The average molecular weight is 314 g/mol. The summed E-state index contributed by atoms with van der Waals surface area (Å²) in [6.07, 6.45) is 2.98. The summed E-state index contributed by atoms with van der Waals surface area (Å²) < 4.78 is 11.8. The Kier molecular flexibility index (Phi) is 4.58. The van der Waals surface area contributed by atoms with Gasteiger partial charge in [-0.05, 0) is 31.7 Å². The van der Waals surface area contributed by atoms with E-state index in [1.807, 2.05) is 37.0 Å². The van der Waals surface area contributed by atoms with Crippen molar-refractivity contribution in [1.82, 2.24) is 5.32 Å². The molecule has 1 aliphatic heterocycles. The number of nitrogens with one attached hydrogen (secondary N) is 1. The van der Waals surface area contributed by atoms with Crippen LogP contribution in [0.4, 0.5) is 0 Å². The fourth-order valence-electron chi connectivity index (χ4n) is 3.04. The zero-order chi connectivity index (χ0) is 14.0. The van der Waals surface area contributed by atoms with Crippen LogP contribution in [-0.4, -0.2) is 37.3 Å². The molecule has 1 saturated carbocycles. The minimum Gasteiger partial charge on any atom is -0.347 e. The first kappa shape index (κ1) is 14.7. The molecule has 0 aromatic heterocycles. The van der Waals surface area contributed by atoms with Crippen LogP contribution in [-0.2, 0) is 9.47 Å². The van der Waals surface area contributed by atoms with Gasteiger partial charge in [0.25, 0.3) is 0 Å². The molecule has 1 N–H and O–H groups in total. The van der Waals surface area contributed by atoms with Gasteiger partial charge in [0.05, 0.1) is 13.2 Å². The Labute approximate surface area is 129 Å². The number of hydrogen-bond acceptors (Lipinski definition) is 4. The zero-order valence-corrected chi connectivity index (χ0v) is 13.2. The highest BCUT2D eigenvalue weighted by Crippen LogP contribution is 2.42. The van der Waals surface area contributed by atoms with Crippen LogP contribution in [0.15, 0.2) is 29.2 Å². The molecule has 1 aromatic carbocycles. The lowest BCUT2D eigenvalue weighted by atomic mass is 9.89. The van der Waals surface area contributed by atoms with Gasteiger partial charge in [0, 0.05) is 34.1 Å². The molecular weight excluding hydrogens is 294 g/mol. The van der Waals surface area contributed by atoms with Crippen molar-refractivity contribution in [2.75, 3.05) is 20.3 Å². The van der Waals surface area contributed by atoms with Crippen LogP contribution in [0.2, 0.25) is 5.02 Å². The van der Waals surface area contributed by atoms with E-state index < -0.39 is 0 Å². The number of rotatable bonds is 3. The predicted octanol–water partition coefficient (Wildman–Crippen LogP) is 3.32. The standard InChI is InChI=1S/C15H20ClNO2S/c1-17-13-5-6-15(18-7-8-19-15)10-14(13)20-12-4-2-3-11(16)9-12/h2-4,9,13-14,17H,5-8,10H2,1H3. The SMILES string of the molecule is CNC1CCC2(CC1Sc1cccc(Cl)c1)OCCO2. The van der Waals surface area contributed by atoms with E-state index in [-0.39, 0.29) is 5.79 Å². The molecule has 2 aliphatic rings. The van der Waals surface area contributed by atoms with E-state index in [9.17, 15) is 0 Å². The molecule has 2 fully saturated rings. The molecule has 1 heterocycles. The molecule has 1 saturated heterocycles. The minimum absolute atomic E-state index is 0.344. The van der Waals surface area contributed by atoms with Gasteiger partial charge in [0.15, 0.2) is 5.79 Å². The maximum atomic E-state index is 6.08. The van der Waals surface area contributed by atoms with Crippen LogP contribution in [0.25, 0.3) is 0 Å². The molecule has 110 valence electrons. The van der Waals surface area contributed by atoms with Crippen molar-refractivity contribution in [3.8, 4) is 0 Å². The molecule has 3 nitrogen and oxygen atoms in total. The van der Waals surface area contributed by atoms with Crippen LogP contribution >= 0.6 is 23.4 Å². The first-order chi connectivity index (χ1) is 9.71. The van der Waals surface area contributed by atoms with Crippen molar-refractivity contribution >= 4 is 23.4 Å². The molecule has 20 heavy (non-hydrogen) atoms. The van der Waals surface area contributed by atoms with Gasteiger partial charge in [0.2, 0.25) is 0 Å². The smallest absolute Gasteiger partial charge is 0.169 e. The second kappa shape index (κ2) is 6.24. The summed E-state index contributed by atoms with van der Waals surface area (Å²) in [6, 6.07) is 8.53. The van der Waals surface area contributed by atoms with Gasteiger partial charge in [-0.2, -0.15) is 0 Å². The Bertz CT molecular complexity index is 465. The lowest BCUT2D eigenvalue weighted by molar-refractivity contribution is -0.177. The molecule has 1 aliphatic carbocycles. The van der Waals surface area contributed by atoms with Gasteiger partial charge >= 0.3 is 0 Å². The Morgan fingerprint density at radius 3 is 2.85 bits per heavy atom. The molecule has 3 rings (SSSR count). The average Bonchev–Trinajstić information content (AvgIpc) is 2.87. The van der Waals surface area contributed by atoms with E-state index in [1.54, 1.807) is 0 Å². The van der Waals surface area contributed by atoms with Gasteiger partial charge < -0.3 is 14.8 Å². The second-order valence-corrected chi connectivity index (χ2v) is 7.11. The maximum absolute atomic E-state index is 6.08. The molecule has 2 unspecified atom stereocenters. The third kappa shape index (κ3) is 3.15. The molecule has 2 atom stereocenters. The monoisotopic (exact) mass is 313 g/mol. The summed E-state index contributed by atoms with van der Waals surface area (Å²) in [7, 11) is 2.03. The van der Waals surface area contributed by atoms with Gasteiger partial charge in [-0.3, -0.25) is 0 Å². The zero-order valence-electron chi connectivity index (χ0n) is 11.6. The highest BCUT2D eigenvalue weighted by atomic mass is 35.5. The number of halogens is 1. The molecule has 0 radical (unpaired) electrons. The highest BCUT2D eigenvalue weighted by Gasteiger charge is 2.45. The van der Waals surface area contributed by atoms with Gasteiger partial charge in [-0.25, -0.2) is 0 Å². The summed E-state index contributed by atoms with van der Waals surface area (Å²) in [5.74, 6) is -0.344. The van der Waals surface area contributed by atoms with Crippen molar-refractivity contribution in [3.63, 3.8) is 0 Å². The second-order valence-electron chi connectivity index (χ2n) is 5.36. The van der Waals surface area contributed by atoms with E-state index in [0.717, 1.165) is 37.5 Å². The minimum atomic E-state index is -0.344. The maximum Gasteiger partial charge on any atom is 0.169 e. The molecule has 1 aromatic rings. The lowest BCUT2D eigenvalue weighted by Crippen LogP contribution is -2.48. The first-order valence-corrected chi connectivity index (χ1v) is 8.34. The van der Waals surface area contributed by atoms with Crippen LogP contribution in [0.5, 0.6) is 0 Å². The largest absolute Gasteiger partial charge is 0.347 e.